The van der Waals surface area contributed by atoms with Gasteiger partial charge in [0, 0.05) is 14.2 Å². The average Bonchev–Trinajstić information content (AvgIpc) is 3.31. The van der Waals surface area contributed by atoms with Gasteiger partial charge in [0.1, 0.15) is 11.9 Å². The Morgan fingerprint density at radius 1 is 1.32 bits per heavy atom. The number of nitrogens with one attached hydrogen (secondary N) is 1. The van der Waals surface area contributed by atoms with Crippen LogP contribution in [-0.4, -0.2) is 18.1 Å². The third-order valence-corrected chi connectivity index (χ3v) is 6.18. The van der Waals surface area contributed by atoms with E-state index in [2.05, 4.69) is 21.2 Å². The molecule has 0 aliphatic rings. The van der Waals surface area contributed by atoms with E-state index in [1.54, 1.807) is 36.6 Å². The number of carbonyl (C=O) groups excluding carboxylic acids is 1. The molecule has 0 aliphatic carbocycles. The van der Waals surface area contributed by atoms with Gasteiger partial charge in [-0.15, -0.1) is 11.3 Å². The molecule has 0 saturated carbocycles. The van der Waals surface area contributed by atoms with Crippen molar-refractivity contribution in [3.05, 3.63) is 72.5 Å². The van der Waals surface area contributed by atoms with E-state index in [0.29, 0.717) is 22.3 Å². The zero-order valence-electron chi connectivity index (χ0n) is 13.4. The van der Waals surface area contributed by atoms with Crippen LogP contribution in [0.15, 0.2) is 51.6 Å². The SMILES string of the molecule is COc1ccc(Br)c(C(=O)NCc2ccc(C(O)c3ccsc3)s2)c1. The highest BCUT2D eigenvalue weighted by atomic mass is 79.9. The molecule has 0 saturated heterocycles. The van der Waals surface area contributed by atoms with E-state index in [1.807, 2.05) is 29.0 Å². The van der Waals surface area contributed by atoms with Crippen molar-refractivity contribution >= 4 is 44.5 Å². The predicted molar refractivity (Wildman–Crippen MR) is 105 cm³/mol. The fraction of sp³-hybridized carbons (Fsp3) is 0.167. The summed E-state index contributed by atoms with van der Waals surface area (Å²) in [7, 11) is 1.57. The molecule has 2 aromatic heterocycles. The van der Waals surface area contributed by atoms with Crippen LogP contribution in [0.1, 0.15) is 31.8 Å². The highest BCUT2D eigenvalue weighted by Gasteiger charge is 2.15. The zero-order chi connectivity index (χ0) is 17.8. The molecule has 0 fully saturated rings. The van der Waals surface area contributed by atoms with Crippen LogP contribution in [0.4, 0.5) is 0 Å². The van der Waals surface area contributed by atoms with Gasteiger partial charge in [0.05, 0.1) is 19.2 Å². The molecule has 1 amide bonds. The lowest BCUT2D eigenvalue weighted by Crippen LogP contribution is -2.22. The van der Waals surface area contributed by atoms with E-state index in [4.69, 9.17) is 4.74 Å². The molecule has 1 aromatic carbocycles. The first-order chi connectivity index (χ1) is 12.1. The second kappa shape index (κ2) is 8.14. The van der Waals surface area contributed by atoms with Gasteiger partial charge < -0.3 is 15.2 Å². The van der Waals surface area contributed by atoms with Crippen LogP contribution < -0.4 is 10.1 Å². The van der Waals surface area contributed by atoms with E-state index in [1.165, 1.54) is 11.3 Å². The Morgan fingerprint density at radius 3 is 2.88 bits per heavy atom. The quantitative estimate of drug-likeness (QED) is 0.592. The van der Waals surface area contributed by atoms with Crippen molar-refractivity contribution in [2.45, 2.75) is 12.6 Å². The van der Waals surface area contributed by atoms with Crippen molar-refractivity contribution in [1.82, 2.24) is 5.32 Å². The van der Waals surface area contributed by atoms with Crippen LogP contribution in [0, 0.1) is 0 Å². The number of halogens is 1. The summed E-state index contributed by atoms with van der Waals surface area (Å²) in [5.41, 5.74) is 1.41. The summed E-state index contributed by atoms with van der Waals surface area (Å²) in [6.07, 6.45) is -0.617. The van der Waals surface area contributed by atoms with Crippen molar-refractivity contribution in [3.63, 3.8) is 0 Å². The van der Waals surface area contributed by atoms with Gasteiger partial charge >= 0.3 is 0 Å². The molecular formula is C18H16BrNO3S2. The van der Waals surface area contributed by atoms with Crippen LogP contribution in [-0.2, 0) is 6.54 Å². The molecule has 0 spiro atoms. The summed E-state index contributed by atoms with van der Waals surface area (Å²) in [5.74, 6) is 0.449. The average molecular weight is 438 g/mol. The Bertz CT molecular complexity index is 861. The van der Waals surface area contributed by atoms with Gasteiger partial charge in [-0.3, -0.25) is 4.79 Å². The number of benzene rings is 1. The maximum absolute atomic E-state index is 12.4. The van der Waals surface area contributed by atoms with Gasteiger partial charge in [-0.1, -0.05) is 0 Å². The van der Waals surface area contributed by atoms with Crippen molar-refractivity contribution in [2.75, 3.05) is 7.11 Å². The number of carbonyl (C=O) groups is 1. The molecule has 130 valence electrons. The van der Waals surface area contributed by atoms with Crippen LogP contribution in [0.25, 0.3) is 0 Å². The third-order valence-electron chi connectivity index (χ3n) is 3.65. The van der Waals surface area contributed by atoms with Crippen LogP contribution in [0.2, 0.25) is 0 Å². The summed E-state index contributed by atoms with van der Waals surface area (Å²) in [4.78, 5) is 14.2. The van der Waals surface area contributed by atoms with Gasteiger partial charge in [0.15, 0.2) is 0 Å². The molecule has 7 heteroatoms. The molecule has 2 heterocycles. The largest absolute Gasteiger partial charge is 0.497 e. The van der Waals surface area contributed by atoms with Crippen LogP contribution in [0.5, 0.6) is 5.75 Å². The Balaban J connectivity index is 1.65. The van der Waals surface area contributed by atoms with Gasteiger partial charge in [-0.2, -0.15) is 11.3 Å². The first kappa shape index (κ1) is 18.1. The predicted octanol–water partition coefficient (Wildman–Crippen LogP) is 4.59. The fourth-order valence-corrected chi connectivity index (χ4v) is 4.37. The minimum absolute atomic E-state index is 0.181. The van der Waals surface area contributed by atoms with Crippen LogP contribution in [0.3, 0.4) is 0 Å². The van der Waals surface area contributed by atoms with Crippen LogP contribution >= 0.6 is 38.6 Å². The summed E-state index contributed by atoms with van der Waals surface area (Å²) < 4.78 is 5.88. The second-order valence-electron chi connectivity index (χ2n) is 5.29. The molecule has 3 rings (SSSR count). The smallest absolute Gasteiger partial charge is 0.252 e. The summed E-state index contributed by atoms with van der Waals surface area (Å²) >= 11 is 6.44. The number of amides is 1. The van der Waals surface area contributed by atoms with Crippen molar-refractivity contribution < 1.29 is 14.6 Å². The van der Waals surface area contributed by atoms with Gasteiger partial charge in [0.2, 0.25) is 0 Å². The Labute approximate surface area is 162 Å². The number of hydrogen-bond acceptors (Lipinski definition) is 5. The zero-order valence-corrected chi connectivity index (χ0v) is 16.6. The summed E-state index contributed by atoms with van der Waals surface area (Å²) in [5, 5.41) is 17.1. The monoisotopic (exact) mass is 437 g/mol. The molecule has 1 atom stereocenters. The van der Waals surface area contributed by atoms with Crippen molar-refractivity contribution in [2.24, 2.45) is 0 Å². The maximum Gasteiger partial charge on any atom is 0.252 e. The Morgan fingerprint density at radius 2 is 2.16 bits per heavy atom. The Kier molecular flexibility index (Phi) is 5.90. The first-order valence-electron chi connectivity index (χ1n) is 7.49. The number of aliphatic hydroxyl groups is 1. The molecule has 0 aliphatic heterocycles. The van der Waals surface area contributed by atoms with Gasteiger partial charge in [-0.05, 0) is 68.7 Å². The number of aliphatic hydroxyl groups excluding tert-OH is 1. The molecule has 1 unspecified atom stereocenters. The number of methoxy groups -OCH3 is 1. The second-order valence-corrected chi connectivity index (χ2v) is 8.13. The molecule has 3 aromatic rings. The normalized spacial score (nSPS) is 12.0. The van der Waals surface area contributed by atoms with E-state index >= 15 is 0 Å². The minimum atomic E-state index is -0.617. The van der Waals surface area contributed by atoms with Gasteiger partial charge in [-0.25, -0.2) is 0 Å². The number of thiophene rings is 2. The molecule has 2 N–H and O–H groups in total. The van der Waals surface area contributed by atoms with Crippen molar-refractivity contribution in [3.8, 4) is 5.75 Å². The molecule has 25 heavy (non-hydrogen) atoms. The summed E-state index contributed by atoms with van der Waals surface area (Å²) in [6.45, 7) is 0.406. The fourth-order valence-electron chi connectivity index (χ4n) is 2.30. The molecular weight excluding hydrogens is 422 g/mol. The van der Waals surface area contributed by atoms with E-state index < -0.39 is 6.10 Å². The number of hydrogen-bond donors (Lipinski definition) is 2. The van der Waals surface area contributed by atoms with Gasteiger partial charge in [0.25, 0.3) is 5.91 Å². The standard InChI is InChI=1S/C18H16BrNO3S2/c1-23-12-2-4-15(19)14(8-12)18(22)20-9-13-3-5-16(25-13)17(21)11-6-7-24-10-11/h2-8,10,17,21H,9H2,1H3,(H,20,22). The minimum Gasteiger partial charge on any atom is -0.497 e. The Hall–Kier alpha value is -1.67. The molecule has 4 nitrogen and oxygen atoms in total. The lowest BCUT2D eigenvalue weighted by atomic mass is 10.2. The summed E-state index contributed by atoms with van der Waals surface area (Å²) in [6, 6.07) is 11.0. The topological polar surface area (TPSA) is 58.6 Å². The number of ether oxygens (including phenoxy) is 1. The van der Waals surface area contributed by atoms with E-state index in [0.717, 1.165) is 15.3 Å². The lowest BCUT2D eigenvalue weighted by molar-refractivity contribution is 0.0950. The van der Waals surface area contributed by atoms with E-state index in [9.17, 15) is 9.90 Å². The third kappa shape index (κ3) is 4.30. The maximum atomic E-state index is 12.4. The highest BCUT2D eigenvalue weighted by molar-refractivity contribution is 9.10. The first-order valence-corrected chi connectivity index (χ1v) is 10.0. The lowest BCUT2D eigenvalue weighted by Gasteiger charge is -2.08. The van der Waals surface area contributed by atoms with E-state index in [-0.39, 0.29) is 5.91 Å². The molecule has 0 radical (unpaired) electrons. The number of rotatable bonds is 6. The highest BCUT2D eigenvalue weighted by Crippen LogP contribution is 2.29. The van der Waals surface area contributed by atoms with Crippen molar-refractivity contribution in [1.29, 1.82) is 0 Å². The molecule has 0 bridgehead atoms.